The van der Waals surface area contributed by atoms with Gasteiger partial charge in [-0.15, -0.1) is 0 Å². The molecule has 4 saturated carbocycles. The number of likely N-dealkylation sites (tertiary alicyclic amines) is 1. The summed E-state index contributed by atoms with van der Waals surface area (Å²) in [4.78, 5) is 14.1. The van der Waals surface area contributed by atoms with Crippen LogP contribution in [-0.4, -0.2) is 35.5 Å². The second-order valence-corrected chi connectivity index (χ2v) is 7.43. The van der Waals surface area contributed by atoms with Gasteiger partial charge < -0.3 is 10.2 Å². The van der Waals surface area contributed by atoms with E-state index < -0.39 is 0 Å². The molecular formula is C16H23N3O. The second-order valence-electron chi connectivity index (χ2n) is 7.43. The van der Waals surface area contributed by atoms with Crippen molar-refractivity contribution in [3.63, 3.8) is 0 Å². The van der Waals surface area contributed by atoms with Gasteiger partial charge in [0.25, 0.3) is 0 Å². The van der Waals surface area contributed by atoms with Gasteiger partial charge >= 0.3 is 0 Å². The summed E-state index contributed by atoms with van der Waals surface area (Å²) in [5.74, 6) is 2.77. The average Bonchev–Trinajstić information content (AvgIpc) is 3.06. The van der Waals surface area contributed by atoms with Gasteiger partial charge in [0.2, 0.25) is 5.91 Å². The van der Waals surface area contributed by atoms with Gasteiger partial charge in [0.15, 0.2) is 0 Å². The van der Waals surface area contributed by atoms with Crippen molar-refractivity contribution in [1.82, 2.24) is 10.2 Å². The Morgan fingerprint density at radius 3 is 2.75 bits per heavy atom. The highest BCUT2D eigenvalue weighted by atomic mass is 16.2. The molecule has 1 saturated heterocycles. The SMILES string of the molecule is N#C[C@@H]1CCCN1C(=O)CNC12CC3CC(CC1C3)C2. The van der Waals surface area contributed by atoms with Gasteiger partial charge in [0.05, 0.1) is 12.6 Å². The molecule has 0 aromatic rings. The van der Waals surface area contributed by atoms with Crippen molar-refractivity contribution < 1.29 is 4.79 Å². The summed E-state index contributed by atoms with van der Waals surface area (Å²) in [6, 6.07) is 2.08. The molecule has 0 aromatic carbocycles. The van der Waals surface area contributed by atoms with Crippen molar-refractivity contribution in [3.8, 4) is 6.07 Å². The van der Waals surface area contributed by atoms with E-state index in [-0.39, 0.29) is 17.5 Å². The minimum absolute atomic E-state index is 0.134. The van der Waals surface area contributed by atoms with Crippen molar-refractivity contribution in [1.29, 1.82) is 5.26 Å². The van der Waals surface area contributed by atoms with Gasteiger partial charge in [-0.2, -0.15) is 5.26 Å². The van der Waals surface area contributed by atoms with E-state index in [1.807, 2.05) is 0 Å². The summed E-state index contributed by atoms with van der Waals surface area (Å²) in [6.45, 7) is 1.20. The van der Waals surface area contributed by atoms with E-state index in [4.69, 9.17) is 5.26 Å². The standard InChI is InChI=1S/C16H23N3O/c17-9-14-2-1-3-19(14)15(20)10-18-16-7-11-4-12(8-16)6-13(16)5-11/h11-14,18H,1-8,10H2/t11?,12?,13?,14-,16?/m0/s1. The number of hydrogen-bond acceptors (Lipinski definition) is 3. The first kappa shape index (κ1) is 12.6. The maximum absolute atomic E-state index is 12.4. The Balaban J connectivity index is 1.39. The molecule has 1 heterocycles. The van der Waals surface area contributed by atoms with Crippen LogP contribution in [0.1, 0.15) is 44.9 Å². The first-order valence-corrected chi connectivity index (χ1v) is 8.14. The van der Waals surface area contributed by atoms with Crippen LogP contribution in [0.3, 0.4) is 0 Å². The molecule has 108 valence electrons. The largest absolute Gasteiger partial charge is 0.326 e. The highest BCUT2D eigenvalue weighted by Gasteiger charge is 2.57. The fourth-order valence-corrected chi connectivity index (χ4v) is 5.64. The highest BCUT2D eigenvalue weighted by molar-refractivity contribution is 5.79. The predicted octanol–water partition coefficient (Wildman–Crippen LogP) is 1.67. The van der Waals surface area contributed by atoms with Crippen LogP contribution in [-0.2, 0) is 4.79 Å². The molecule has 1 N–H and O–H groups in total. The van der Waals surface area contributed by atoms with Crippen molar-refractivity contribution in [2.75, 3.05) is 13.1 Å². The van der Waals surface area contributed by atoms with E-state index in [1.165, 1.54) is 32.1 Å². The third-order valence-electron chi connectivity index (χ3n) is 6.30. The van der Waals surface area contributed by atoms with Gasteiger partial charge in [0.1, 0.15) is 6.04 Å². The van der Waals surface area contributed by atoms with Crippen LogP contribution in [0.25, 0.3) is 0 Å². The number of amides is 1. The number of carbonyl (C=O) groups is 1. The van der Waals surface area contributed by atoms with E-state index in [1.54, 1.807) is 4.90 Å². The molecule has 0 aromatic heterocycles. The predicted molar refractivity (Wildman–Crippen MR) is 74.6 cm³/mol. The summed E-state index contributed by atoms with van der Waals surface area (Å²) >= 11 is 0. The van der Waals surface area contributed by atoms with Crippen molar-refractivity contribution in [3.05, 3.63) is 0 Å². The molecule has 4 nitrogen and oxygen atoms in total. The van der Waals surface area contributed by atoms with E-state index in [0.717, 1.165) is 37.1 Å². The second kappa shape index (κ2) is 4.46. The lowest BCUT2D eigenvalue weighted by atomic mass is 9.80. The number of rotatable bonds is 3. The highest BCUT2D eigenvalue weighted by Crippen LogP contribution is 2.60. The third-order valence-corrected chi connectivity index (χ3v) is 6.30. The molecule has 5 fully saturated rings. The Hall–Kier alpha value is -1.08. The maximum atomic E-state index is 12.4. The quantitative estimate of drug-likeness (QED) is 0.851. The minimum Gasteiger partial charge on any atom is -0.326 e. The molecule has 5 rings (SSSR count). The van der Waals surface area contributed by atoms with E-state index in [2.05, 4.69) is 11.4 Å². The zero-order valence-electron chi connectivity index (χ0n) is 12.0. The third kappa shape index (κ3) is 1.79. The number of nitrogens with zero attached hydrogens (tertiary/aromatic N) is 2. The molecule has 5 aliphatic rings. The monoisotopic (exact) mass is 273 g/mol. The van der Waals surface area contributed by atoms with Crippen molar-refractivity contribution in [2.45, 2.75) is 56.5 Å². The number of carbonyl (C=O) groups excluding carboxylic acids is 1. The lowest BCUT2D eigenvalue weighted by Gasteiger charge is -2.34. The lowest BCUT2D eigenvalue weighted by molar-refractivity contribution is -0.130. The number of hydrogen-bond donors (Lipinski definition) is 1. The van der Waals surface area contributed by atoms with Crippen LogP contribution >= 0.6 is 0 Å². The van der Waals surface area contributed by atoms with Crippen LogP contribution in [0.2, 0.25) is 0 Å². The summed E-state index contributed by atoms with van der Waals surface area (Å²) in [5, 5.41) is 12.7. The fourth-order valence-electron chi connectivity index (χ4n) is 5.64. The molecule has 0 spiro atoms. The zero-order chi connectivity index (χ0) is 13.7. The smallest absolute Gasteiger partial charge is 0.237 e. The van der Waals surface area contributed by atoms with Crippen LogP contribution in [0.5, 0.6) is 0 Å². The number of nitriles is 1. The number of nitrogens with one attached hydrogen (secondary N) is 1. The molecule has 0 radical (unpaired) electrons. The molecule has 4 bridgehead atoms. The lowest BCUT2D eigenvalue weighted by Crippen LogP contribution is -2.51. The first-order chi connectivity index (χ1) is 9.70. The molecular weight excluding hydrogens is 250 g/mol. The molecule has 4 aliphatic carbocycles. The molecule has 20 heavy (non-hydrogen) atoms. The Kier molecular flexibility index (Phi) is 2.82. The van der Waals surface area contributed by atoms with Gasteiger partial charge in [-0.1, -0.05) is 0 Å². The Morgan fingerprint density at radius 2 is 2.05 bits per heavy atom. The summed E-state index contributed by atoms with van der Waals surface area (Å²) < 4.78 is 0. The fraction of sp³-hybridized carbons (Fsp3) is 0.875. The first-order valence-electron chi connectivity index (χ1n) is 8.14. The van der Waals surface area contributed by atoms with Crippen LogP contribution < -0.4 is 5.32 Å². The van der Waals surface area contributed by atoms with Gasteiger partial charge in [-0.05, 0) is 62.7 Å². The molecule has 3 atom stereocenters. The summed E-state index contributed by atoms with van der Waals surface area (Å²) in [5.41, 5.74) is 0.269. The molecule has 2 unspecified atom stereocenters. The summed E-state index contributed by atoms with van der Waals surface area (Å²) in [6.07, 6.45) is 8.56. The molecule has 1 amide bonds. The van der Waals surface area contributed by atoms with Gasteiger partial charge in [0, 0.05) is 12.1 Å². The maximum Gasteiger partial charge on any atom is 0.237 e. The topological polar surface area (TPSA) is 56.1 Å². The van der Waals surface area contributed by atoms with Crippen molar-refractivity contribution in [2.24, 2.45) is 17.8 Å². The van der Waals surface area contributed by atoms with E-state index >= 15 is 0 Å². The van der Waals surface area contributed by atoms with Crippen LogP contribution in [0.4, 0.5) is 0 Å². The van der Waals surface area contributed by atoms with E-state index in [0.29, 0.717) is 6.54 Å². The Labute approximate surface area is 120 Å². The summed E-state index contributed by atoms with van der Waals surface area (Å²) in [7, 11) is 0. The average molecular weight is 273 g/mol. The van der Waals surface area contributed by atoms with Crippen LogP contribution in [0, 0.1) is 29.1 Å². The minimum atomic E-state index is -0.182. The van der Waals surface area contributed by atoms with Gasteiger partial charge in [-0.3, -0.25) is 4.79 Å². The zero-order valence-corrected chi connectivity index (χ0v) is 12.0. The van der Waals surface area contributed by atoms with Crippen LogP contribution in [0.15, 0.2) is 0 Å². The Morgan fingerprint density at radius 1 is 1.30 bits per heavy atom. The molecule has 1 aliphatic heterocycles. The Bertz CT molecular complexity index is 455. The van der Waals surface area contributed by atoms with Gasteiger partial charge in [-0.25, -0.2) is 0 Å². The molecule has 4 heteroatoms. The van der Waals surface area contributed by atoms with E-state index in [9.17, 15) is 4.79 Å². The van der Waals surface area contributed by atoms with Crippen molar-refractivity contribution >= 4 is 5.91 Å². The normalized spacial score (nSPS) is 45.0.